The molecule has 0 radical (unpaired) electrons. The number of halogens is 2. The fourth-order valence-corrected chi connectivity index (χ4v) is 15.3. The summed E-state index contributed by atoms with van der Waals surface area (Å²) >= 11 is 0. The standard InChI is InChI=1S/C28H35FN2O3.C28H36N2O4.C27H33FN2O3/c1-17-8-10-20(11-9-17)23-21-16-18(2)31-15-14-30(13-12-29)24(25(21)31)19(3)22(23)26(27(32)33-7)34-28(4,5)6;1-17-8-10-20(11-9-17)23-21-16-18(2)30-13-12-29(14-15-31)24(25(21)30)19(3)22(23)26(27(32)33-7)34-28(4,5)6;1-16-7-9-19(10-8-16)22-20-15-17(2)30-14-13-29(12-11-28)23(24(20)30)18(3)21(22)25(26(31)32)33-27(4,5)6/h8-11,16,26H,12-15H2,1-7H3;8-11,16,26,31H,12-15H2,1-7H3;7-10,15,25H,11-14H2,1-6H3,(H,31,32)/t2*26-;25-/m000/s1. The summed E-state index contributed by atoms with van der Waals surface area (Å²) in [5.74, 6) is -1.89. The second-order valence-corrected chi connectivity index (χ2v) is 30.3. The first-order chi connectivity index (χ1) is 47.7. The second kappa shape index (κ2) is 29.8. The van der Waals surface area contributed by atoms with Gasteiger partial charge in [0, 0.05) is 109 Å². The number of methoxy groups -OCH3 is 2. The fraction of sp³-hybridized carbons (Fsp3) is 0.458. The number of ether oxygens (including phenoxy) is 5. The molecule has 3 aromatic heterocycles. The van der Waals surface area contributed by atoms with Crippen LogP contribution >= 0.6 is 0 Å². The van der Waals surface area contributed by atoms with Crippen molar-refractivity contribution in [3.05, 3.63) is 158 Å². The molecular formula is C83H104F2N6O10. The average molecular weight is 1380 g/mol. The molecule has 0 spiro atoms. The molecule has 6 aromatic carbocycles. The lowest BCUT2D eigenvalue weighted by molar-refractivity contribution is -0.164. The van der Waals surface area contributed by atoms with Gasteiger partial charge >= 0.3 is 17.9 Å². The number of carboxylic acid groups (broad SMARTS) is 1. The third kappa shape index (κ3) is 15.1. The van der Waals surface area contributed by atoms with E-state index in [-0.39, 0.29) is 13.2 Å². The minimum atomic E-state index is -1.15. The van der Waals surface area contributed by atoms with E-state index < -0.39 is 66.4 Å². The van der Waals surface area contributed by atoms with Crippen LogP contribution < -0.4 is 14.7 Å². The van der Waals surface area contributed by atoms with Crippen molar-refractivity contribution < 1.29 is 57.1 Å². The van der Waals surface area contributed by atoms with E-state index >= 15 is 0 Å². The number of aryl methyl sites for hydroxylation is 6. The van der Waals surface area contributed by atoms with Gasteiger partial charge in [-0.25, -0.2) is 23.2 Å². The molecule has 3 aliphatic heterocycles. The number of nitrogens with zero attached hydrogens (tertiary/aromatic N) is 6. The van der Waals surface area contributed by atoms with E-state index in [0.717, 1.165) is 160 Å². The molecule has 16 nitrogen and oxygen atoms in total. The number of carbonyl (C=O) groups is 3. The Labute approximate surface area is 594 Å². The summed E-state index contributed by atoms with van der Waals surface area (Å²) in [5.41, 5.74) is 22.2. The normalized spacial score (nSPS) is 14.6. The molecular weight excluding hydrogens is 1280 g/mol. The van der Waals surface area contributed by atoms with Crippen LogP contribution in [-0.4, -0.2) is 132 Å². The topological polar surface area (TPSA) is 162 Å². The number of carbonyl (C=O) groups excluding carboxylic acids is 2. The number of aromatic nitrogens is 3. The Morgan fingerprint density at radius 1 is 0.426 bits per heavy atom. The summed E-state index contributed by atoms with van der Waals surface area (Å²) < 4.78 is 63.4. The van der Waals surface area contributed by atoms with Crippen LogP contribution in [0, 0.1) is 62.3 Å². The molecule has 0 fully saturated rings. The van der Waals surface area contributed by atoms with Gasteiger partial charge in [-0.05, 0) is 193 Å². The average Bonchev–Trinajstić information content (AvgIpc) is 1.68. The lowest BCUT2D eigenvalue weighted by Crippen LogP contribution is -2.35. The lowest BCUT2D eigenvalue weighted by atomic mass is 9.87. The number of rotatable bonds is 18. The van der Waals surface area contributed by atoms with Gasteiger partial charge in [-0.3, -0.25) is 0 Å². The first kappa shape index (κ1) is 75.1. The predicted molar refractivity (Wildman–Crippen MR) is 403 cm³/mol. The van der Waals surface area contributed by atoms with Crippen molar-refractivity contribution in [2.45, 2.75) is 179 Å². The van der Waals surface area contributed by atoms with Crippen molar-refractivity contribution in [2.24, 2.45) is 0 Å². The monoisotopic (exact) mass is 1380 g/mol. The van der Waals surface area contributed by atoms with Crippen molar-refractivity contribution in [2.75, 3.05) is 88.1 Å². The number of esters is 2. The number of hydrogen-bond acceptors (Lipinski definition) is 12. The number of aliphatic hydroxyl groups is 1. The van der Waals surface area contributed by atoms with E-state index in [1.807, 2.05) is 107 Å². The Hall–Kier alpha value is -8.55. The van der Waals surface area contributed by atoms with Crippen molar-refractivity contribution in [1.29, 1.82) is 0 Å². The fourth-order valence-electron chi connectivity index (χ4n) is 15.3. The van der Waals surface area contributed by atoms with Crippen LogP contribution in [0.5, 0.6) is 0 Å². The largest absolute Gasteiger partial charge is 0.479 e. The number of benzene rings is 6. The molecule has 2 N–H and O–H groups in total. The first-order valence-corrected chi connectivity index (χ1v) is 35.3. The van der Waals surface area contributed by atoms with E-state index in [1.165, 1.54) is 25.5 Å². The third-order valence-corrected chi connectivity index (χ3v) is 19.6. The van der Waals surface area contributed by atoms with Crippen LogP contribution in [0.25, 0.3) is 66.1 Å². The van der Waals surface area contributed by atoms with Crippen LogP contribution in [0.4, 0.5) is 25.8 Å². The highest BCUT2D eigenvalue weighted by molar-refractivity contribution is 6.10. The molecule has 0 unspecified atom stereocenters. The highest BCUT2D eigenvalue weighted by atomic mass is 19.1. The number of carboxylic acids is 1. The van der Waals surface area contributed by atoms with Gasteiger partial charge in [0.05, 0.1) is 71.2 Å². The van der Waals surface area contributed by atoms with Gasteiger partial charge in [0.1, 0.15) is 13.3 Å². The van der Waals surface area contributed by atoms with E-state index in [1.54, 1.807) is 0 Å². The van der Waals surface area contributed by atoms with Crippen molar-refractivity contribution >= 4 is 67.7 Å². The van der Waals surface area contributed by atoms with Gasteiger partial charge in [0.2, 0.25) is 0 Å². The van der Waals surface area contributed by atoms with Gasteiger partial charge in [-0.1, -0.05) is 89.5 Å². The highest BCUT2D eigenvalue weighted by Gasteiger charge is 2.41. The number of β-amino-alcohol motifs (C(OH)–C–C–N with tert-alkyl or cyclic N) is 1. The zero-order chi connectivity index (χ0) is 73.6. The molecule has 18 heteroatoms. The maximum atomic E-state index is 13.6. The Balaban J connectivity index is 0.000000163. The summed E-state index contributed by atoms with van der Waals surface area (Å²) in [6, 6.07) is 31.5. The van der Waals surface area contributed by atoms with Crippen molar-refractivity contribution in [3.63, 3.8) is 0 Å². The Morgan fingerprint density at radius 2 is 0.693 bits per heavy atom. The van der Waals surface area contributed by atoms with E-state index in [9.17, 15) is 33.4 Å². The maximum Gasteiger partial charge on any atom is 0.339 e. The van der Waals surface area contributed by atoms with E-state index in [4.69, 9.17) is 23.7 Å². The van der Waals surface area contributed by atoms with Gasteiger partial charge in [-0.2, -0.15) is 0 Å². The highest BCUT2D eigenvalue weighted by Crippen LogP contribution is 2.52. The zero-order valence-corrected chi connectivity index (χ0v) is 63.0. The Bertz CT molecular complexity index is 4370. The predicted octanol–water partition coefficient (Wildman–Crippen LogP) is 17.1. The summed E-state index contributed by atoms with van der Waals surface area (Å²) in [5, 5.41) is 23.2. The molecule has 540 valence electrons. The quantitative estimate of drug-likeness (QED) is 0.0782. The van der Waals surface area contributed by atoms with Crippen molar-refractivity contribution in [3.8, 4) is 33.4 Å². The number of hydrogen-bond donors (Lipinski definition) is 2. The van der Waals surface area contributed by atoms with Gasteiger partial charge in [-0.15, -0.1) is 0 Å². The number of anilines is 3. The molecule has 9 aromatic rings. The smallest absolute Gasteiger partial charge is 0.339 e. The van der Waals surface area contributed by atoms with Crippen LogP contribution in [0.1, 0.15) is 148 Å². The third-order valence-electron chi connectivity index (χ3n) is 19.6. The summed E-state index contributed by atoms with van der Waals surface area (Å²) in [6.45, 7) is 40.7. The van der Waals surface area contributed by atoms with Crippen molar-refractivity contribution in [1.82, 2.24) is 13.7 Å². The first-order valence-electron chi connectivity index (χ1n) is 35.3. The molecule has 12 rings (SSSR count). The molecule has 6 heterocycles. The SMILES string of the molecule is COC(=O)[C@@H](OC(C)(C)C)c1c(C)c2c3c(cc(C)n3CCN2CCF)c1-c1ccc(C)cc1.COC(=O)[C@@H](OC(C)(C)C)c1c(C)c2c3c(cc(C)n3CCN2CCO)c1-c1ccc(C)cc1.Cc1ccc(-c2c([C@H](OC(C)(C)C)C(=O)O)c(C)c3c4c2cc(C)n4CCN3CCF)cc1. The second-order valence-electron chi connectivity index (χ2n) is 30.3. The molecule has 0 bridgehead atoms. The Morgan fingerprint density at radius 3 is 0.941 bits per heavy atom. The lowest BCUT2D eigenvalue weighted by Gasteiger charge is -2.36. The maximum absolute atomic E-state index is 13.6. The van der Waals surface area contributed by atoms with Gasteiger partial charge in [0.15, 0.2) is 18.3 Å². The molecule has 0 amide bonds. The minimum absolute atomic E-state index is 0.0641. The minimum Gasteiger partial charge on any atom is -0.479 e. The molecule has 0 aliphatic carbocycles. The number of alkyl halides is 2. The van der Waals surface area contributed by atoms with E-state index in [2.05, 4.69) is 137 Å². The number of aliphatic hydroxyl groups excluding tert-OH is 1. The molecule has 3 atom stereocenters. The molecule has 3 aliphatic rings. The van der Waals surface area contributed by atoms with Gasteiger partial charge in [0.25, 0.3) is 0 Å². The van der Waals surface area contributed by atoms with E-state index in [0.29, 0.717) is 31.7 Å². The summed E-state index contributed by atoms with van der Waals surface area (Å²) in [6.07, 6.45) is -2.96. The molecule has 0 saturated carbocycles. The zero-order valence-electron chi connectivity index (χ0n) is 63.0. The Kier molecular flexibility index (Phi) is 22.2. The molecule has 101 heavy (non-hydrogen) atoms. The van der Waals surface area contributed by atoms with Crippen LogP contribution in [0.3, 0.4) is 0 Å². The van der Waals surface area contributed by atoms with Crippen LogP contribution in [-0.2, 0) is 57.7 Å². The number of aliphatic carboxylic acids is 1. The van der Waals surface area contributed by atoms with Crippen LogP contribution in [0.15, 0.2) is 91.0 Å². The van der Waals surface area contributed by atoms with Crippen LogP contribution in [0.2, 0.25) is 0 Å². The molecule has 0 saturated heterocycles. The summed E-state index contributed by atoms with van der Waals surface area (Å²) in [4.78, 5) is 45.4. The summed E-state index contributed by atoms with van der Waals surface area (Å²) in [7, 11) is 2.80. The van der Waals surface area contributed by atoms with Gasteiger partial charge < -0.3 is 62.3 Å².